The number of nitrogens with zero attached hydrogens (tertiary/aromatic N) is 2. The number of ether oxygens (including phenoxy) is 1. The minimum atomic E-state index is -3.25. The Labute approximate surface area is 157 Å². The van der Waals surface area contributed by atoms with Gasteiger partial charge < -0.3 is 14.1 Å². The Morgan fingerprint density at radius 2 is 1.96 bits per heavy atom. The molecule has 0 saturated carbocycles. The van der Waals surface area contributed by atoms with Crippen LogP contribution >= 0.6 is 0 Å². The smallest absolute Gasteiger partial charge is 0.336 e. The molecule has 0 aliphatic carbocycles. The molecule has 2 aromatic rings. The van der Waals surface area contributed by atoms with Crippen LogP contribution in [0.4, 0.5) is 0 Å². The number of aryl methyl sites for hydroxylation is 1. The van der Waals surface area contributed by atoms with Crippen molar-refractivity contribution >= 4 is 26.9 Å². The molecule has 8 nitrogen and oxygen atoms in total. The average molecular weight is 394 g/mol. The molecular weight excluding hydrogens is 372 g/mol. The first-order valence-electron chi connectivity index (χ1n) is 8.64. The van der Waals surface area contributed by atoms with Crippen molar-refractivity contribution in [1.82, 2.24) is 9.21 Å². The zero-order valence-corrected chi connectivity index (χ0v) is 16.1. The van der Waals surface area contributed by atoms with E-state index < -0.39 is 15.6 Å². The summed E-state index contributed by atoms with van der Waals surface area (Å²) in [6, 6.07) is 6.51. The summed E-state index contributed by atoms with van der Waals surface area (Å²) >= 11 is 0. The topological polar surface area (TPSA) is 97.1 Å². The summed E-state index contributed by atoms with van der Waals surface area (Å²) in [5.74, 6) is 0.216. The van der Waals surface area contributed by atoms with Gasteiger partial charge in [0.15, 0.2) is 6.61 Å². The highest BCUT2D eigenvalue weighted by Crippen LogP contribution is 2.22. The molecule has 1 saturated heterocycles. The fourth-order valence-corrected chi connectivity index (χ4v) is 3.98. The summed E-state index contributed by atoms with van der Waals surface area (Å²) in [5, 5.41) is 0.807. The Kier molecular flexibility index (Phi) is 5.52. The van der Waals surface area contributed by atoms with E-state index in [2.05, 4.69) is 0 Å². The molecule has 1 aromatic heterocycles. The Bertz CT molecular complexity index is 1010. The van der Waals surface area contributed by atoms with E-state index in [0.717, 1.165) is 10.9 Å². The van der Waals surface area contributed by atoms with Crippen LogP contribution in [0, 0.1) is 6.92 Å². The highest BCUT2D eigenvalue weighted by Gasteiger charge is 2.24. The zero-order valence-electron chi connectivity index (χ0n) is 15.3. The van der Waals surface area contributed by atoms with E-state index in [-0.39, 0.29) is 19.1 Å². The molecule has 1 amide bonds. The maximum Gasteiger partial charge on any atom is 0.336 e. The fraction of sp³-hybridized carbons (Fsp3) is 0.444. The molecule has 0 spiro atoms. The van der Waals surface area contributed by atoms with Gasteiger partial charge in [0.1, 0.15) is 11.3 Å². The molecule has 9 heteroatoms. The molecule has 1 aliphatic heterocycles. The molecule has 1 fully saturated rings. The molecule has 0 bridgehead atoms. The van der Waals surface area contributed by atoms with Gasteiger partial charge in [0.2, 0.25) is 10.0 Å². The predicted octanol–water partition coefficient (Wildman–Crippen LogP) is 0.974. The van der Waals surface area contributed by atoms with Crippen molar-refractivity contribution < 1.29 is 22.4 Å². The highest BCUT2D eigenvalue weighted by atomic mass is 32.2. The van der Waals surface area contributed by atoms with Crippen molar-refractivity contribution in [3.8, 4) is 5.75 Å². The summed E-state index contributed by atoms with van der Waals surface area (Å²) in [4.78, 5) is 25.5. The number of hydrogen-bond donors (Lipinski definition) is 0. The maximum absolute atomic E-state index is 12.4. The maximum atomic E-state index is 12.4. The number of carbonyl (C=O) groups excluding carboxylic acids is 1. The van der Waals surface area contributed by atoms with Crippen LogP contribution in [-0.4, -0.2) is 62.6 Å². The first kappa shape index (κ1) is 19.4. The molecule has 0 radical (unpaired) electrons. The lowest BCUT2D eigenvalue weighted by Gasteiger charge is -2.21. The third kappa shape index (κ3) is 4.67. The summed E-state index contributed by atoms with van der Waals surface area (Å²) in [6.45, 7) is 3.17. The SMILES string of the molecule is Cc1cc(=O)oc2cc(OCC(=O)N3CCCN(S(C)(=O)=O)CC3)ccc12. The van der Waals surface area contributed by atoms with Crippen molar-refractivity contribution in [1.29, 1.82) is 0 Å². The van der Waals surface area contributed by atoms with Gasteiger partial charge in [0.25, 0.3) is 5.91 Å². The molecule has 2 heterocycles. The Morgan fingerprint density at radius 1 is 1.19 bits per heavy atom. The van der Waals surface area contributed by atoms with Gasteiger partial charge in [-0.2, -0.15) is 0 Å². The van der Waals surface area contributed by atoms with Crippen molar-refractivity contribution in [2.24, 2.45) is 0 Å². The van der Waals surface area contributed by atoms with Gasteiger partial charge in [-0.15, -0.1) is 0 Å². The number of rotatable bonds is 4. The second-order valence-corrected chi connectivity index (χ2v) is 8.57. The van der Waals surface area contributed by atoms with E-state index in [4.69, 9.17) is 9.15 Å². The molecule has 1 aromatic carbocycles. The minimum Gasteiger partial charge on any atom is -0.484 e. The van der Waals surface area contributed by atoms with Crippen molar-refractivity contribution in [2.75, 3.05) is 39.0 Å². The summed E-state index contributed by atoms with van der Waals surface area (Å²) in [7, 11) is -3.25. The van der Waals surface area contributed by atoms with Gasteiger partial charge in [0.05, 0.1) is 6.26 Å². The van der Waals surface area contributed by atoms with E-state index in [1.165, 1.54) is 16.6 Å². The van der Waals surface area contributed by atoms with Gasteiger partial charge in [0, 0.05) is 43.7 Å². The van der Waals surface area contributed by atoms with Crippen LogP contribution in [0.15, 0.2) is 33.5 Å². The molecule has 0 N–H and O–H groups in total. The monoisotopic (exact) mass is 394 g/mol. The van der Waals surface area contributed by atoms with Crippen LogP contribution in [0.5, 0.6) is 5.75 Å². The minimum absolute atomic E-state index is 0.166. The quantitative estimate of drug-likeness (QED) is 0.717. The Balaban J connectivity index is 1.64. The molecule has 3 rings (SSSR count). The summed E-state index contributed by atoms with van der Waals surface area (Å²) in [5.41, 5.74) is 0.778. The summed E-state index contributed by atoms with van der Waals surface area (Å²) in [6.07, 6.45) is 1.76. The number of hydrogen-bond acceptors (Lipinski definition) is 6. The lowest BCUT2D eigenvalue weighted by Crippen LogP contribution is -2.39. The van der Waals surface area contributed by atoms with Gasteiger partial charge in [-0.1, -0.05) is 0 Å². The largest absolute Gasteiger partial charge is 0.484 e. The van der Waals surface area contributed by atoms with Crippen LogP contribution in [0.1, 0.15) is 12.0 Å². The van der Waals surface area contributed by atoms with Crippen LogP contribution in [0.2, 0.25) is 0 Å². The predicted molar refractivity (Wildman–Crippen MR) is 100 cm³/mol. The lowest BCUT2D eigenvalue weighted by atomic mass is 10.1. The van der Waals surface area contributed by atoms with Gasteiger partial charge in [-0.25, -0.2) is 17.5 Å². The van der Waals surface area contributed by atoms with Crippen molar-refractivity contribution in [3.05, 3.63) is 40.2 Å². The van der Waals surface area contributed by atoms with Crippen LogP contribution < -0.4 is 10.4 Å². The van der Waals surface area contributed by atoms with Crippen molar-refractivity contribution in [2.45, 2.75) is 13.3 Å². The molecule has 0 unspecified atom stereocenters. The normalized spacial score (nSPS) is 16.3. The van der Waals surface area contributed by atoms with E-state index in [1.807, 2.05) is 6.92 Å². The fourth-order valence-electron chi connectivity index (χ4n) is 3.11. The number of carbonyl (C=O) groups is 1. The van der Waals surface area contributed by atoms with Crippen LogP contribution in [0.25, 0.3) is 11.0 Å². The average Bonchev–Trinajstić information content (AvgIpc) is 2.85. The molecule has 1 aliphatic rings. The molecular formula is C18H22N2O6S. The van der Waals surface area contributed by atoms with Crippen LogP contribution in [0.3, 0.4) is 0 Å². The second-order valence-electron chi connectivity index (χ2n) is 6.59. The van der Waals surface area contributed by atoms with E-state index >= 15 is 0 Å². The first-order chi connectivity index (χ1) is 12.7. The Morgan fingerprint density at radius 3 is 2.70 bits per heavy atom. The Hall–Kier alpha value is -2.39. The van der Waals surface area contributed by atoms with Crippen LogP contribution in [-0.2, 0) is 14.8 Å². The molecule has 0 atom stereocenters. The standard InChI is InChI=1S/C18H22N2O6S/c1-13-10-18(22)26-16-11-14(4-5-15(13)16)25-12-17(21)19-6-3-7-20(9-8-19)27(2,23)24/h4-5,10-11H,3,6-9,12H2,1-2H3. The lowest BCUT2D eigenvalue weighted by molar-refractivity contribution is -0.133. The molecule has 27 heavy (non-hydrogen) atoms. The number of benzene rings is 1. The number of sulfonamides is 1. The van der Waals surface area contributed by atoms with Gasteiger partial charge in [-0.3, -0.25) is 4.79 Å². The van der Waals surface area contributed by atoms with E-state index in [0.29, 0.717) is 37.4 Å². The summed E-state index contributed by atoms with van der Waals surface area (Å²) < 4.78 is 35.4. The number of fused-ring (bicyclic) bond motifs is 1. The third-order valence-electron chi connectivity index (χ3n) is 4.56. The third-order valence-corrected chi connectivity index (χ3v) is 5.86. The van der Waals surface area contributed by atoms with Crippen molar-refractivity contribution in [3.63, 3.8) is 0 Å². The molecule has 146 valence electrons. The van der Waals surface area contributed by atoms with Gasteiger partial charge >= 0.3 is 5.63 Å². The second kappa shape index (κ2) is 7.69. The number of amides is 1. The van der Waals surface area contributed by atoms with E-state index in [9.17, 15) is 18.0 Å². The van der Waals surface area contributed by atoms with E-state index in [1.54, 1.807) is 23.1 Å². The highest BCUT2D eigenvalue weighted by molar-refractivity contribution is 7.88. The zero-order chi connectivity index (χ0) is 19.6. The first-order valence-corrected chi connectivity index (χ1v) is 10.5. The van der Waals surface area contributed by atoms with Gasteiger partial charge in [-0.05, 0) is 31.0 Å².